The molecule has 102 valence electrons. The molecule has 0 saturated carbocycles. The van der Waals surface area contributed by atoms with Crippen LogP contribution >= 0.6 is 22.9 Å². The Balaban J connectivity index is 1.74. The molecule has 1 unspecified atom stereocenters. The number of aryl methyl sites for hydroxylation is 1. The van der Waals surface area contributed by atoms with Crippen LogP contribution in [-0.2, 0) is 6.42 Å². The van der Waals surface area contributed by atoms with Crippen LogP contribution in [0.15, 0.2) is 23.8 Å². The lowest BCUT2D eigenvalue weighted by Crippen LogP contribution is -2.17. The topological polar surface area (TPSA) is 55.1 Å². The van der Waals surface area contributed by atoms with Crippen molar-refractivity contribution in [3.63, 3.8) is 0 Å². The van der Waals surface area contributed by atoms with E-state index >= 15 is 0 Å². The van der Waals surface area contributed by atoms with Crippen molar-refractivity contribution in [1.82, 2.24) is 19.6 Å². The van der Waals surface area contributed by atoms with Gasteiger partial charge >= 0.3 is 0 Å². The monoisotopic (exact) mass is 305 g/mol. The zero-order valence-corrected chi connectivity index (χ0v) is 12.2. The fourth-order valence-electron chi connectivity index (χ4n) is 2.70. The molecular formula is C13H12ClN5S. The molecule has 7 heteroatoms. The summed E-state index contributed by atoms with van der Waals surface area (Å²) in [5, 5.41) is 10.3. The van der Waals surface area contributed by atoms with Crippen LogP contribution in [0.25, 0.3) is 5.78 Å². The van der Waals surface area contributed by atoms with Crippen LogP contribution in [0.3, 0.4) is 0 Å². The number of nitrogens with one attached hydrogen (secondary N) is 1. The Hall–Kier alpha value is -1.66. The number of hydrogen-bond acceptors (Lipinski definition) is 5. The molecular weight excluding hydrogens is 294 g/mol. The highest BCUT2D eigenvalue weighted by atomic mass is 35.5. The van der Waals surface area contributed by atoms with Gasteiger partial charge in [-0.05, 0) is 36.3 Å². The average molecular weight is 306 g/mol. The van der Waals surface area contributed by atoms with Crippen molar-refractivity contribution < 1.29 is 0 Å². The van der Waals surface area contributed by atoms with Crippen LogP contribution in [0.5, 0.6) is 0 Å². The maximum absolute atomic E-state index is 6.05. The van der Waals surface area contributed by atoms with E-state index in [1.807, 2.05) is 11.3 Å². The highest BCUT2D eigenvalue weighted by molar-refractivity contribution is 7.10. The summed E-state index contributed by atoms with van der Waals surface area (Å²) in [5.74, 6) is 1.35. The van der Waals surface area contributed by atoms with Crippen molar-refractivity contribution in [1.29, 1.82) is 0 Å². The first-order valence-electron chi connectivity index (χ1n) is 6.50. The predicted molar refractivity (Wildman–Crippen MR) is 79.4 cm³/mol. The lowest BCUT2D eigenvalue weighted by molar-refractivity contribution is 0.604. The third kappa shape index (κ3) is 1.96. The van der Waals surface area contributed by atoms with E-state index in [1.165, 1.54) is 29.6 Å². The summed E-state index contributed by atoms with van der Waals surface area (Å²) in [6.07, 6.45) is 4.98. The molecule has 0 aliphatic heterocycles. The van der Waals surface area contributed by atoms with Crippen molar-refractivity contribution in [2.75, 3.05) is 5.32 Å². The normalized spacial score (nSPS) is 18.1. The summed E-state index contributed by atoms with van der Waals surface area (Å²) in [7, 11) is 0. The quantitative estimate of drug-likeness (QED) is 0.738. The molecule has 0 spiro atoms. The molecule has 1 aliphatic rings. The molecule has 5 nitrogen and oxygen atoms in total. The Bertz CT molecular complexity index is 765. The number of nitrogens with zero attached hydrogens (tertiary/aromatic N) is 4. The van der Waals surface area contributed by atoms with E-state index in [2.05, 4.69) is 31.8 Å². The maximum Gasteiger partial charge on any atom is 0.255 e. The number of rotatable bonds is 2. The van der Waals surface area contributed by atoms with Gasteiger partial charge in [-0.15, -0.1) is 11.3 Å². The molecule has 3 heterocycles. The van der Waals surface area contributed by atoms with Gasteiger partial charge in [-0.25, -0.2) is 0 Å². The van der Waals surface area contributed by atoms with E-state index < -0.39 is 0 Å². The smallest absolute Gasteiger partial charge is 0.255 e. The highest BCUT2D eigenvalue weighted by Crippen LogP contribution is 2.35. The summed E-state index contributed by atoms with van der Waals surface area (Å²) >= 11 is 7.88. The summed E-state index contributed by atoms with van der Waals surface area (Å²) in [5.41, 5.74) is 1.39. The van der Waals surface area contributed by atoms with Crippen LogP contribution in [0.4, 0.5) is 5.82 Å². The molecule has 0 saturated heterocycles. The van der Waals surface area contributed by atoms with Gasteiger partial charge in [0, 0.05) is 10.9 Å². The fourth-order valence-corrected chi connectivity index (χ4v) is 3.87. The zero-order chi connectivity index (χ0) is 13.5. The standard InChI is InChI=1S/C13H12ClN5S/c14-11-6-12(19-13(18-11)15-7-16-19)17-9-2-1-3-10-8(9)4-5-20-10/h4-7,9,17H,1-3H2. The summed E-state index contributed by atoms with van der Waals surface area (Å²) < 4.78 is 1.69. The number of aromatic nitrogens is 4. The Morgan fingerprint density at radius 2 is 2.40 bits per heavy atom. The van der Waals surface area contributed by atoms with Gasteiger partial charge in [0.05, 0.1) is 6.04 Å². The summed E-state index contributed by atoms with van der Waals surface area (Å²) in [4.78, 5) is 9.70. The zero-order valence-electron chi connectivity index (χ0n) is 10.6. The van der Waals surface area contributed by atoms with E-state index in [0.717, 1.165) is 12.2 Å². The first kappa shape index (κ1) is 12.1. The van der Waals surface area contributed by atoms with Crippen LogP contribution in [0.2, 0.25) is 5.15 Å². The van der Waals surface area contributed by atoms with Crippen molar-refractivity contribution in [2.24, 2.45) is 0 Å². The highest BCUT2D eigenvalue weighted by Gasteiger charge is 2.22. The third-order valence-electron chi connectivity index (χ3n) is 3.59. The predicted octanol–water partition coefficient (Wildman–Crippen LogP) is 3.33. The minimum Gasteiger partial charge on any atom is -0.363 e. The molecule has 1 N–H and O–H groups in total. The lowest BCUT2D eigenvalue weighted by atomic mass is 9.94. The molecule has 4 rings (SSSR count). The maximum atomic E-state index is 6.05. The minimum atomic E-state index is 0.302. The minimum absolute atomic E-state index is 0.302. The molecule has 3 aromatic heterocycles. The van der Waals surface area contributed by atoms with Crippen LogP contribution < -0.4 is 5.32 Å². The fraction of sp³-hybridized carbons (Fsp3) is 0.308. The second kappa shape index (κ2) is 4.71. The van der Waals surface area contributed by atoms with Gasteiger partial charge in [-0.2, -0.15) is 19.6 Å². The van der Waals surface area contributed by atoms with Crippen LogP contribution in [-0.4, -0.2) is 19.6 Å². The van der Waals surface area contributed by atoms with E-state index in [1.54, 1.807) is 10.6 Å². The van der Waals surface area contributed by atoms with Crippen molar-refractivity contribution in [3.05, 3.63) is 39.4 Å². The van der Waals surface area contributed by atoms with E-state index in [0.29, 0.717) is 17.0 Å². The number of anilines is 1. The number of hydrogen-bond donors (Lipinski definition) is 1. The molecule has 0 radical (unpaired) electrons. The molecule has 0 fully saturated rings. The van der Waals surface area contributed by atoms with E-state index in [-0.39, 0.29) is 0 Å². The molecule has 3 aromatic rings. The molecule has 20 heavy (non-hydrogen) atoms. The Kier molecular flexibility index (Phi) is 2.85. The van der Waals surface area contributed by atoms with Gasteiger partial charge in [0.1, 0.15) is 17.3 Å². The lowest BCUT2D eigenvalue weighted by Gasteiger charge is -2.24. The Labute approximate surface area is 124 Å². The third-order valence-corrected chi connectivity index (χ3v) is 4.78. The first-order chi connectivity index (χ1) is 9.81. The number of halogens is 1. The molecule has 0 amide bonds. The number of thiophene rings is 1. The van der Waals surface area contributed by atoms with Crippen molar-refractivity contribution >= 4 is 34.5 Å². The van der Waals surface area contributed by atoms with Gasteiger partial charge in [-0.3, -0.25) is 0 Å². The SMILES string of the molecule is Clc1cc(NC2CCCc3sccc32)n2ncnc2n1. The van der Waals surface area contributed by atoms with Crippen molar-refractivity contribution in [2.45, 2.75) is 25.3 Å². The van der Waals surface area contributed by atoms with E-state index in [9.17, 15) is 0 Å². The summed E-state index contributed by atoms with van der Waals surface area (Å²) in [6, 6.07) is 4.30. The van der Waals surface area contributed by atoms with E-state index in [4.69, 9.17) is 11.6 Å². The molecule has 1 aliphatic carbocycles. The molecule has 0 bridgehead atoms. The number of fused-ring (bicyclic) bond motifs is 2. The largest absolute Gasteiger partial charge is 0.363 e. The molecule has 1 atom stereocenters. The van der Waals surface area contributed by atoms with Gasteiger partial charge in [0.25, 0.3) is 5.78 Å². The second-order valence-electron chi connectivity index (χ2n) is 4.82. The van der Waals surface area contributed by atoms with Gasteiger partial charge in [0.2, 0.25) is 0 Å². The average Bonchev–Trinajstić information content (AvgIpc) is 3.06. The van der Waals surface area contributed by atoms with Crippen LogP contribution in [0.1, 0.15) is 29.3 Å². The Morgan fingerprint density at radius 3 is 3.35 bits per heavy atom. The van der Waals surface area contributed by atoms with Crippen molar-refractivity contribution in [3.8, 4) is 0 Å². The molecule has 0 aromatic carbocycles. The van der Waals surface area contributed by atoms with Gasteiger partial charge in [-0.1, -0.05) is 11.6 Å². The second-order valence-corrected chi connectivity index (χ2v) is 6.21. The van der Waals surface area contributed by atoms with Gasteiger partial charge in [0.15, 0.2) is 0 Å². The summed E-state index contributed by atoms with van der Waals surface area (Å²) in [6.45, 7) is 0. The first-order valence-corrected chi connectivity index (χ1v) is 7.76. The van der Waals surface area contributed by atoms with Crippen LogP contribution in [0, 0.1) is 0 Å². The van der Waals surface area contributed by atoms with Gasteiger partial charge < -0.3 is 5.32 Å². The Morgan fingerprint density at radius 1 is 1.45 bits per heavy atom.